The minimum absolute atomic E-state index is 0.209. The highest BCUT2D eigenvalue weighted by Gasteiger charge is 2.47. The number of aryl methyl sites for hydroxylation is 1. The van der Waals surface area contributed by atoms with Crippen molar-refractivity contribution in [2.75, 3.05) is 13.2 Å². The fraction of sp³-hybridized carbons (Fsp3) is 0.382. The van der Waals surface area contributed by atoms with Crippen molar-refractivity contribution < 1.29 is 44.5 Å². The summed E-state index contributed by atoms with van der Waals surface area (Å²) in [4.78, 5) is 30.7. The van der Waals surface area contributed by atoms with E-state index < -0.39 is 48.8 Å². The summed E-state index contributed by atoms with van der Waals surface area (Å²) in [5, 5.41) is 54.7. The molecule has 1 aromatic carbocycles. The van der Waals surface area contributed by atoms with Crippen LogP contribution in [-0.2, 0) is 22.7 Å². The van der Waals surface area contributed by atoms with Gasteiger partial charge in [-0.2, -0.15) is 0 Å². The Balaban J connectivity index is 1.16. The lowest BCUT2D eigenvalue weighted by molar-refractivity contribution is -0.363. The third kappa shape index (κ3) is 5.41. The van der Waals surface area contributed by atoms with Gasteiger partial charge in [0.1, 0.15) is 53.7 Å². The van der Waals surface area contributed by atoms with E-state index in [0.29, 0.717) is 39.2 Å². The topological polar surface area (TPSA) is 200 Å². The first-order chi connectivity index (χ1) is 22.9. The molecule has 0 bridgehead atoms. The van der Waals surface area contributed by atoms with Gasteiger partial charge in [0.15, 0.2) is 16.8 Å². The number of hydrogen-bond acceptors (Lipinski definition) is 10. The first kappa shape index (κ1) is 32.2. The predicted molar refractivity (Wildman–Crippen MR) is 174 cm³/mol. The zero-order chi connectivity index (χ0) is 34.0. The maximum atomic E-state index is 13.2. The van der Waals surface area contributed by atoms with Crippen molar-refractivity contribution in [1.29, 1.82) is 0 Å². The molecule has 5 atom stereocenters. The van der Waals surface area contributed by atoms with Gasteiger partial charge in [-0.05, 0) is 45.0 Å². The summed E-state index contributed by atoms with van der Waals surface area (Å²) in [6.45, 7) is 3.55. The Morgan fingerprint density at radius 3 is 2.65 bits per heavy atom. The number of fused-ring (bicyclic) bond motifs is 4. The normalized spacial score (nSPS) is 19.3. The summed E-state index contributed by atoms with van der Waals surface area (Å²) in [6.07, 6.45) is 3.06. The summed E-state index contributed by atoms with van der Waals surface area (Å²) in [7, 11) is 0. The zero-order valence-corrected chi connectivity index (χ0v) is 26.6. The molecule has 1 aliphatic rings. The number of H-pyrrole nitrogens is 2. The molecule has 14 nitrogen and oxygen atoms in total. The number of aliphatic hydroxyl groups excluding tert-OH is 4. The summed E-state index contributed by atoms with van der Waals surface area (Å²) < 4.78 is 16.2. The SMILES string of the molecule is Cc1cc(=O)c2cc3c(c(-n4cc5cc[nH]c5c4)c2o1)OC(C)(C)[C@H](OOC[C@H](O)[C@](O)(Cn1ccc2[nH]ccc21)[C@H](O)[C@H](O)CO)C3. The van der Waals surface area contributed by atoms with Gasteiger partial charge >= 0.3 is 0 Å². The summed E-state index contributed by atoms with van der Waals surface area (Å²) in [6, 6.07) is 8.62. The van der Waals surface area contributed by atoms with Crippen LogP contribution in [0.3, 0.4) is 0 Å². The van der Waals surface area contributed by atoms with E-state index in [-0.39, 0.29) is 18.4 Å². The maximum Gasteiger partial charge on any atom is 0.193 e. The first-order valence-electron chi connectivity index (χ1n) is 15.6. The molecule has 0 spiro atoms. The fourth-order valence-corrected chi connectivity index (χ4v) is 6.50. The van der Waals surface area contributed by atoms with E-state index in [0.717, 1.165) is 16.4 Å². The minimum atomic E-state index is -2.36. The number of hydrogen-bond donors (Lipinski definition) is 7. The second kappa shape index (κ2) is 11.9. The van der Waals surface area contributed by atoms with Crippen molar-refractivity contribution in [3.05, 3.63) is 82.9 Å². The lowest BCUT2D eigenvalue weighted by atomic mass is 9.87. The van der Waals surface area contributed by atoms with Gasteiger partial charge in [-0.3, -0.25) is 4.79 Å². The van der Waals surface area contributed by atoms with Crippen LogP contribution in [0.25, 0.3) is 38.6 Å². The van der Waals surface area contributed by atoms with Crippen LogP contribution in [0.1, 0.15) is 25.2 Å². The highest BCUT2D eigenvalue weighted by molar-refractivity contribution is 5.91. The van der Waals surface area contributed by atoms with Crippen LogP contribution in [-0.4, -0.2) is 93.5 Å². The van der Waals surface area contributed by atoms with Gasteiger partial charge < -0.3 is 53.8 Å². The number of aromatic nitrogens is 4. The van der Waals surface area contributed by atoms with E-state index in [4.69, 9.17) is 18.9 Å². The van der Waals surface area contributed by atoms with E-state index in [9.17, 15) is 30.3 Å². The number of ether oxygens (including phenoxy) is 1. The molecule has 0 saturated heterocycles. The molecule has 7 rings (SSSR count). The van der Waals surface area contributed by atoms with Crippen LogP contribution in [0.15, 0.2) is 70.5 Å². The molecule has 7 N–H and O–H groups in total. The van der Waals surface area contributed by atoms with Crippen molar-refractivity contribution in [3.63, 3.8) is 0 Å². The van der Waals surface area contributed by atoms with Crippen molar-refractivity contribution in [3.8, 4) is 11.4 Å². The lowest BCUT2D eigenvalue weighted by Gasteiger charge is -2.41. The van der Waals surface area contributed by atoms with Gasteiger partial charge in [0, 0.05) is 54.4 Å². The van der Waals surface area contributed by atoms with E-state index >= 15 is 0 Å². The molecule has 6 aromatic rings. The molecule has 6 heterocycles. The second-order valence-corrected chi connectivity index (χ2v) is 13.0. The monoisotopic (exact) mass is 662 g/mol. The van der Waals surface area contributed by atoms with Crippen LogP contribution >= 0.6 is 0 Å². The first-order valence-corrected chi connectivity index (χ1v) is 15.6. The smallest absolute Gasteiger partial charge is 0.193 e. The van der Waals surface area contributed by atoms with Crippen LogP contribution in [0.4, 0.5) is 0 Å². The molecule has 0 radical (unpaired) electrons. The molecule has 0 amide bonds. The molecular weight excluding hydrogens is 624 g/mol. The van der Waals surface area contributed by atoms with Crippen molar-refractivity contribution in [1.82, 2.24) is 19.1 Å². The molecule has 14 heteroatoms. The highest BCUT2D eigenvalue weighted by atomic mass is 17.2. The number of nitrogens with zero attached hydrogens (tertiary/aromatic N) is 2. The highest BCUT2D eigenvalue weighted by Crippen LogP contribution is 2.43. The molecule has 254 valence electrons. The Kier molecular flexibility index (Phi) is 7.99. The van der Waals surface area contributed by atoms with Gasteiger partial charge in [0.05, 0.1) is 35.1 Å². The number of aliphatic hydroxyl groups is 5. The summed E-state index contributed by atoms with van der Waals surface area (Å²) >= 11 is 0. The number of benzene rings is 1. The van der Waals surface area contributed by atoms with Crippen LogP contribution < -0.4 is 10.2 Å². The minimum Gasteiger partial charge on any atom is -0.482 e. The third-order valence-electron chi connectivity index (χ3n) is 9.27. The Labute approximate surface area is 273 Å². The molecule has 0 unspecified atom stereocenters. The Morgan fingerprint density at radius 1 is 1.10 bits per heavy atom. The van der Waals surface area contributed by atoms with Gasteiger partial charge in [-0.1, -0.05) is 0 Å². The van der Waals surface area contributed by atoms with Crippen molar-refractivity contribution >= 4 is 32.9 Å². The largest absolute Gasteiger partial charge is 0.482 e. The average Bonchev–Trinajstić information content (AvgIpc) is 3.83. The van der Waals surface area contributed by atoms with Crippen LogP contribution in [0, 0.1) is 6.92 Å². The van der Waals surface area contributed by atoms with Gasteiger partial charge in [0.2, 0.25) is 0 Å². The third-order valence-corrected chi connectivity index (χ3v) is 9.27. The maximum absolute atomic E-state index is 13.2. The quantitative estimate of drug-likeness (QED) is 0.0797. The zero-order valence-electron chi connectivity index (χ0n) is 26.6. The molecular formula is C34H38N4O10. The second-order valence-electron chi connectivity index (χ2n) is 13.0. The fourth-order valence-electron chi connectivity index (χ4n) is 6.50. The molecule has 1 aliphatic heterocycles. The van der Waals surface area contributed by atoms with E-state index in [1.807, 2.05) is 43.1 Å². The Bertz CT molecular complexity index is 2130. The van der Waals surface area contributed by atoms with E-state index in [1.165, 1.54) is 6.07 Å². The summed E-state index contributed by atoms with van der Waals surface area (Å²) in [5.41, 5.74) is 0.406. The number of nitrogens with one attached hydrogen (secondary N) is 2. The standard InChI is InChI=1S/C34H38N4O10/c1-18-10-25(40)21-11-20-12-28(33(2,3)47-30(20)29(31(21)46-18)38-13-19-4-7-36-23(19)14-38)48-45-16-27(42)34(44,32(43)26(41)15-39)17-37-9-6-22-24(37)5-8-35-22/h4-11,13-14,26-28,32,35-36,39,41-44H,12,15-17H2,1-3H3/t26-,27+,28-,32-,34-/m1/s1. The van der Waals surface area contributed by atoms with Gasteiger partial charge in [0.25, 0.3) is 0 Å². The predicted octanol–water partition coefficient (Wildman–Crippen LogP) is 2.19. The van der Waals surface area contributed by atoms with Gasteiger partial charge in [-0.25, -0.2) is 9.78 Å². The Morgan fingerprint density at radius 2 is 1.88 bits per heavy atom. The molecule has 0 saturated carbocycles. The molecule has 5 aromatic heterocycles. The Hall–Kier alpha value is -4.41. The lowest BCUT2D eigenvalue weighted by Crippen LogP contribution is -2.61. The molecule has 48 heavy (non-hydrogen) atoms. The van der Waals surface area contributed by atoms with E-state index in [1.54, 1.807) is 42.1 Å². The number of aromatic amines is 2. The van der Waals surface area contributed by atoms with Crippen LogP contribution in [0.5, 0.6) is 5.75 Å². The van der Waals surface area contributed by atoms with Crippen molar-refractivity contribution in [2.24, 2.45) is 0 Å². The molecule has 0 aliphatic carbocycles. The van der Waals surface area contributed by atoms with Crippen molar-refractivity contribution in [2.45, 2.75) is 69.4 Å². The number of rotatable bonds is 11. The average molecular weight is 663 g/mol. The molecule has 0 fully saturated rings. The summed E-state index contributed by atoms with van der Waals surface area (Å²) in [5.74, 6) is 0.970. The van der Waals surface area contributed by atoms with E-state index in [2.05, 4.69) is 9.97 Å². The van der Waals surface area contributed by atoms with Gasteiger partial charge in [-0.15, -0.1) is 0 Å². The van der Waals surface area contributed by atoms with Crippen LogP contribution in [0.2, 0.25) is 0 Å².